The molecule has 6 heteroatoms. The highest BCUT2D eigenvalue weighted by Gasteiger charge is 2.27. The van der Waals surface area contributed by atoms with Crippen LogP contribution in [0, 0.1) is 0 Å². The largest absolute Gasteiger partial charge is 0.480 e. The molecule has 0 aliphatic heterocycles. The van der Waals surface area contributed by atoms with Gasteiger partial charge < -0.3 is 21.9 Å². The Morgan fingerprint density at radius 1 is 1.00 bits per heavy atom. The van der Waals surface area contributed by atoms with E-state index in [1.807, 2.05) is 30.3 Å². The van der Waals surface area contributed by atoms with E-state index in [2.05, 4.69) is 5.32 Å². The summed E-state index contributed by atoms with van der Waals surface area (Å²) in [6.45, 7) is 0. The summed E-state index contributed by atoms with van der Waals surface area (Å²) in [6, 6.07) is 10.2. The maximum absolute atomic E-state index is 11.9. The maximum Gasteiger partial charge on any atom is 0.322 e. The van der Waals surface area contributed by atoms with Crippen molar-refractivity contribution in [3.8, 4) is 0 Å². The van der Waals surface area contributed by atoms with E-state index in [1.165, 1.54) is 0 Å². The van der Waals surface area contributed by atoms with Gasteiger partial charge >= 0.3 is 5.97 Å². The van der Waals surface area contributed by atoms with E-state index in [0.717, 1.165) is 10.8 Å². The van der Waals surface area contributed by atoms with Gasteiger partial charge in [-0.2, -0.15) is 0 Å². The van der Waals surface area contributed by atoms with E-state index >= 15 is 0 Å². The van der Waals surface area contributed by atoms with Crippen LogP contribution in [0.3, 0.4) is 0 Å². The molecule has 1 unspecified atom stereocenters. The van der Waals surface area contributed by atoms with Crippen molar-refractivity contribution in [2.24, 2.45) is 11.5 Å². The number of hydrogen-bond acceptors (Lipinski definition) is 4. The molecule has 0 aliphatic carbocycles. The second-order valence-corrected chi connectivity index (χ2v) is 4.41. The molecule has 6 N–H and O–H groups in total. The smallest absolute Gasteiger partial charge is 0.322 e. The van der Waals surface area contributed by atoms with E-state index in [0.29, 0.717) is 5.69 Å². The molecule has 0 radical (unpaired) electrons. The van der Waals surface area contributed by atoms with Gasteiger partial charge in [-0.05, 0) is 11.5 Å². The first-order chi connectivity index (χ1) is 9.50. The SMILES string of the molecule is NC(C(=O)O)[C@H](N)C(=O)Nc1cccc2ccccc12. The van der Waals surface area contributed by atoms with Gasteiger partial charge in [0.2, 0.25) is 5.91 Å². The Labute approximate surface area is 115 Å². The van der Waals surface area contributed by atoms with E-state index in [4.69, 9.17) is 16.6 Å². The number of carbonyl (C=O) groups excluding carboxylic acids is 1. The number of hydrogen-bond donors (Lipinski definition) is 4. The molecule has 20 heavy (non-hydrogen) atoms. The highest BCUT2D eigenvalue weighted by atomic mass is 16.4. The average molecular weight is 273 g/mol. The van der Waals surface area contributed by atoms with Gasteiger partial charge in [-0.3, -0.25) is 9.59 Å². The van der Waals surface area contributed by atoms with Crippen LogP contribution in [0.4, 0.5) is 5.69 Å². The van der Waals surface area contributed by atoms with Crippen LogP contribution in [0.5, 0.6) is 0 Å². The number of rotatable bonds is 4. The van der Waals surface area contributed by atoms with Gasteiger partial charge in [-0.15, -0.1) is 0 Å². The van der Waals surface area contributed by atoms with Crippen molar-refractivity contribution in [2.45, 2.75) is 12.1 Å². The Bertz CT molecular complexity index is 652. The summed E-state index contributed by atoms with van der Waals surface area (Å²) in [5.41, 5.74) is 11.4. The number of carbonyl (C=O) groups is 2. The van der Waals surface area contributed by atoms with Crippen LogP contribution in [-0.2, 0) is 9.59 Å². The molecular weight excluding hydrogens is 258 g/mol. The lowest BCUT2D eigenvalue weighted by Crippen LogP contribution is -2.53. The third-order valence-corrected chi connectivity index (χ3v) is 3.02. The second-order valence-electron chi connectivity index (χ2n) is 4.41. The molecule has 2 atom stereocenters. The molecule has 1 amide bonds. The number of amides is 1. The van der Waals surface area contributed by atoms with Gasteiger partial charge in [-0.1, -0.05) is 36.4 Å². The summed E-state index contributed by atoms with van der Waals surface area (Å²) in [7, 11) is 0. The standard InChI is InChI=1S/C14H15N3O3/c15-11(12(16)14(19)20)13(18)17-10-7-3-5-8-4-1-2-6-9(8)10/h1-7,11-12H,15-16H2,(H,17,18)(H,19,20)/t11-,12?/m0/s1. The fraction of sp³-hybridized carbons (Fsp3) is 0.143. The van der Waals surface area contributed by atoms with Gasteiger partial charge in [0, 0.05) is 11.1 Å². The number of aliphatic carboxylic acids is 1. The van der Waals surface area contributed by atoms with Gasteiger partial charge in [0.1, 0.15) is 12.1 Å². The maximum atomic E-state index is 11.9. The number of fused-ring (bicyclic) bond motifs is 1. The second kappa shape index (κ2) is 5.68. The van der Waals surface area contributed by atoms with Crippen molar-refractivity contribution in [2.75, 3.05) is 5.32 Å². The first-order valence-electron chi connectivity index (χ1n) is 6.03. The molecule has 2 aromatic carbocycles. The molecule has 6 nitrogen and oxygen atoms in total. The molecule has 0 spiro atoms. The third-order valence-electron chi connectivity index (χ3n) is 3.02. The van der Waals surface area contributed by atoms with Crippen LogP contribution >= 0.6 is 0 Å². The molecule has 0 aliphatic rings. The van der Waals surface area contributed by atoms with Gasteiger partial charge in [-0.25, -0.2) is 0 Å². The van der Waals surface area contributed by atoms with Crippen LogP contribution < -0.4 is 16.8 Å². The topological polar surface area (TPSA) is 118 Å². The molecular formula is C14H15N3O3. The van der Waals surface area contributed by atoms with Crippen molar-refractivity contribution in [3.63, 3.8) is 0 Å². The van der Waals surface area contributed by atoms with Crippen LogP contribution in [0.2, 0.25) is 0 Å². The lowest BCUT2D eigenvalue weighted by Gasteiger charge is -2.16. The minimum Gasteiger partial charge on any atom is -0.480 e. The third kappa shape index (κ3) is 2.76. The molecule has 0 saturated carbocycles. The highest BCUT2D eigenvalue weighted by Crippen LogP contribution is 2.22. The lowest BCUT2D eigenvalue weighted by atomic mass is 10.1. The molecule has 2 aromatic rings. The predicted octanol–water partition coefficient (Wildman–Crippen LogP) is 0.518. The zero-order valence-electron chi connectivity index (χ0n) is 10.6. The molecule has 0 bridgehead atoms. The zero-order chi connectivity index (χ0) is 14.7. The van der Waals surface area contributed by atoms with Crippen molar-refractivity contribution >= 4 is 28.3 Å². The average Bonchev–Trinajstić information content (AvgIpc) is 2.46. The molecule has 2 rings (SSSR count). The molecule has 0 fully saturated rings. The number of carboxylic acid groups (broad SMARTS) is 1. The quantitative estimate of drug-likeness (QED) is 0.647. The Kier molecular flexibility index (Phi) is 3.97. The number of nitrogens with two attached hydrogens (primary N) is 2. The number of benzene rings is 2. The van der Waals surface area contributed by atoms with Crippen molar-refractivity contribution in [1.29, 1.82) is 0 Å². The summed E-state index contributed by atoms with van der Waals surface area (Å²) >= 11 is 0. The summed E-state index contributed by atoms with van der Waals surface area (Å²) in [5.74, 6) is -1.94. The lowest BCUT2D eigenvalue weighted by molar-refractivity contribution is -0.140. The van der Waals surface area contributed by atoms with Gasteiger partial charge in [0.05, 0.1) is 0 Å². The monoisotopic (exact) mass is 273 g/mol. The van der Waals surface area contributed by atoms with E-state index < -0.39 is 24.0 Å². The molecule has 0 heterocycles. The Hall–Kier alpha value is -2.44. The van der Waals surface area contributed by atoms with Crippen molar-refractivity contribution in [3.05, 3.63) is 42.5 Å². The molecule has 104 valence electrons. The summed E-state index contributed by atoms with van der Waals surface area (Å²) in [6.07, 6.45) is 0. The van der Waals surface area contributed by atoms with Gasteiger partial charge in [0.15, 0.2) is 0 Å². The Morgan fingerprint density at radius 3 is 2.35 bits per heavy atom. The predicted molar refractivity (Wildman–Crippen MR) is 76.2 cm³/mol. The summed E-state index contributed by atoms with van der Waals surface area (Å²) in [4.78, 5) is 22.6. The van der Waals surface area contributed by atoms with Crippen LogP contribution in [0.1, 0.15) is 0 Å². The minimum absolute atomic E-state index is 0.570. The molecule has 0 saturated heterocycles. The normalized spacial score (nSPS) is 13.7. The molecule has 0 aromatic heterocycles. The van der Waals surface area contributed by atoms with Crippen LogP contribution in [0.25, 0.3) is 10.8 Å². The number of anilines is 1. The van der Waals surface area contributed by atoms with Crippen LogP contribution in [-0.4, -0.2) is 29.1 Å². The Morgan fingerprint density at radius 2 is 1.65 bits per heavy atom. The Balaban J connectivity index is 2.24. The minimum atomic E-state index is -1.44. The number of nitrogens with one attached hydrogen (secondary N) is 1. The highest BCUT2D eigenvalue weighted by molar-refractivity contribution is 6.05. The summed E-state index contributed by atoms with van der Waals surface area (Å²) in [5, 5.41) is 13.2. The zero-order valence-corrected chi connectivity index (χ0v) is 10.6. The summed E-state index contributed by atoms with van der Waals surface area (Å²) < 4.78 is 0. The van der Waals surface area contributed by atoms with Crippen molar-refractivity contribution < 1.29 is 14.7 Å². The fourth-order valence-corrected chi connectivity index (χ4v) is 1.87. The van der Waals surface area contributed by atoms with E-state index in [-0.39, 0.29) is 0 Å². The first-order valence-corrected chi connectivity index (χ1v) is 6.03. The number of carboxylic acids is 1. The fourth-order valence-electron chi connectivity index (χ4n) is 1.87. The first kappa shape index (κ1) is 14.0. The van der Waals surface area contributed by atoms with Gasteiger partial charge in [0.25, 0.3) is 0 Å². The van der Waals surface area contributed by atoms with Crippen molar-refractivity contribution in [1.82, 2.24) is 0 Å². The van der Waals surface area contributed by atoms with E-state index in [9.17, 15) is 9.59 Å². The van der Waals surface area contributed by atoms with Crippen LogP contribution in [0.15, 0.2) is 42.5 Å². The van der Waals surface area contributed by atoms with E-state index in [1.54, 1.807) is 12.1 Å².